The molecule has 0 atom stereocenters. The Bertz CT molecular complexity index is 806. The fraction of sp³-hybridized carbons (Fsp3) is 0. The molecule has 1 fully saturated rings. The molecule has 6 heteroatoms. The Hall–Kier alpha value is -1.14. The predicted molar refractivity (Wildman–Crippen MR) is 101 cm³/mol. The third kappa shape index (κ3) is 3.13. The highest BCUT2D eigenvalue weighted by Gasteiger charge is 2.34. The van der Waals surface area contributed by atoms with Gasteiger partial charge < -0.3 is 0 Å². The van der Waals surface area contributed by atoms with E-state index in [2.05, 4.69) is 15.9 Å². The van der Waals surface area contributed by atoms with Gasteiger partial charge in [-0.15, -0.1) is 0 Å². The maximum atomic E-state index is 12.6. The van der Waals surface area contributed by atoms with Crippen LogP contribution in [0.15, 0.2) is 57.9 Å². The molecule has 3 rings (SSSR count). The quantitative estimate of drug-likeness (QED) is 0.481. The van der Waals surface area contributed by atoms with Gasteiger partial charge in [0.15, 0.2) is 4.32 Å². The second kappa shape index (κ2) is 6.54. The van der Waals surface area contributed by atoms with Crippen LogP contribution < -0.4 is 4.90 Å². The molecule has 0 aliphatic carbocycles. The minimum Gasteiger partial charge on any atom is -0.268 e. The highest BCUT2D eigenvalue weighted by atomic mass is 79.9. The molecule has 1 heterocycles. The first-order chi connectivity index (χ1) is 10.6. The van der Waals surface area contributed by atoms with Gasteiger partial charge in [-0.1, -0.05) is 75.8 Å². The lowest BCUT2D eigenvalue weighted by atomic mass is 10.2. The zero-order valence-electron chi connectivity index (χ0n) is 11.1. The van der Waals surface area contributed by atoms with E-state index in [1.54, 1.807) is 12.1 Å². The summed E-state index contributed by atoms with van der Waals surface area (Å²) in [4.78, 5) is 14.7. The molecule has 0 aromatic heterocycles. The van der Waals surface area contributed by atoms with Crippen molar-refractivity contribution < 1.29 is 4.79 Å². The molecule has 1 saturated heterocycles. The van der Waals surface area contributed by atoms with Crippen LogP contribution in [0.3, 0.4) is 0 Å². The van der Waals surface area contributed by atoms with Crippen molar-refractivity contribution in [2.45, 2.75) is 0 Å². The van der Waals surface area contributed by atoms with E-state index in [0.717, 1.165) is 10.0 Å². The number of carbonyl (C=O) groups excluding carboxylic acids is 1. The second-order valence-corrected chi connectivity index (χ2v) is 7.52. The number of anilines is 1. The Morgan fingerprint density at radius 1 is 1.18 bits per heavy atom. The molecule has 0 bridgehead atoms. The van der Waals surface area contributed by atoms with Gasteiger partial charge in [0.2, 0.25) is 0 Å². The fourth-order valence-electron chi connectivity index (χ4n) is 2.06. The van der Waals surface area contributed by atoms with Crippen molar-refractivity contribution in [2.75, 3.05) is 4.90 Å². The first kappa shape index (κ1) is 15.7. The lowest BCUT2D eigenvalue weighted by Gasteiger charge is -2.15. The van der Waals surface area contributed by atoms with Gasteiger partial charge in [-0.3, -0.25) is 9.69 Å². The Balaban J connectivity index is 1.97. The lowest BCUT2D eigenvalue weighted by molar-refractivity contribution is -0.113. The van der Waals surface area contributed by atoms with Gasteiger partial charge in [0.1, 0.15) is 0 Å². The Morgan fingerprint density at radius 2 is 1.95 bits per heavy atom. The molecule has 2 aromatic carbocycles. The largest absolute Gasteiger partial charge is 0.270 e. The number of amides is 1. The normalized spacial score (nSPS) is 16.6. The van der Waals surface area contributed by atoms with Gasteiger partial charge >= 0.3 is 0 Å². The van der Waals surface area contributed by atoms with Gasteiger partial charge in [0, 0.05) is 4.47 Å². The molecule has 2 nitrogen and oxygen atoms in total. The molecular weight excluding hydrogens is 402 g/mol. The number of thiocarbonyl (C=S) groups is 1. The third-order valence-electron chi connectivity index (χ3n) is 3.03. The lowest BCUT2D eigenvalue weighted by Crippen LogP contribution is -2.27. The zero-order valence-corrected chi connectivity index (χ0v) is 15.1. The molecule has 0 unspecified atom stereocenters. The average molecular weight is 411 g/mol. The number of rotatable bonds is 2. The number of carbonyl (C=O) groups is 1. The first-order valence-corrected chi connectivity index (χ1v) is 8.74. The monoisotopic (exact) mass is 409 g/mol. The third-order valence-corrected chi connectivity index (χ3v) is 5.15. The summed E-state index contributed by atoms with van der Waals surface area (Å²) in [5.74, 6) is -0.150. The van der Waals surface area contributed by atoms with Crippen LogP contribution in [0, 0.1) is 0 Å². The Morgan fingerprint density at radius 3 is 2.68 bits per heavy atom. The van der Waals surface area contributed by atoms with Gasteiger partial charge in [0.25, 0.3) is 5.91 Å². The van der Waals surface area contributed by atoms with Crippen molar-refractivity contribution in [3.05, 3.63) is 68.5 Å². The maximum Gasteiger partial charge on any atom is 0.270 e. The van der Waals surface area contributed by atoms with Crippen molar-refractivity contribution in [1.29, 1.82) is 0 Å². The van der Waals surface area contributed by atoms with Crippen molar-refractivity contribution in [3.8, 4) is 0 Å². The van der Waals surface area contributed by atoms with E-state index >= 15 is 0 Å². The van der Waals surface area contributed by atoms with Crippen LogP contribution in [0.4, 0.5) is 5.69 Å². The molecule has 0 N–H and O–H groups in total. The van der Waals surface area contributed by atoms with Crippen LogP contribution in [0.1, 0.15) is 5.56 Å². The molecular formula is C16H9BrClNOS2. The summed E-state index contributed by atoms with van der Waals surface area (Å²) in [6.45, 7) is 0. The SMILES string of the molecule is O=C1/C(=C/c2cccc(Br)c2)SC(=S)N1c1ccccc1Cl. The Kier molecular flexibility index (Phi) is 4.68. The Labute approximate surface area is 151 Å². The van der Waals surface area contributed by atoms with Crippen LogP contribution in [-0.2, 0) is 4.79 Å². The smallest absolute Gasteiger partial charge is 0.268 e. The van der Waals surface area contributed by atoms with Gasteiger partial charge in [-0.05, 0) is 35.9 Å². The van der Waals surface area contributed by atoms with Crippen molar-refractivity contribution >= 4 is 73.5 Å². The van der Waals surface area contributed by atoms with Crippen molar-refractivity contribution in [2.24, 2.45) is 0 Å². The van der Waals surface area contributed by atoms with Gasteiger partial charge in [-0.25, -0.2) is 0 Å². The topological polar surface area (TPSA) is 20.3 Å². The van der Waals surface area contributed by atoms with Gasteiger partial charge in [-0.2, -0.15) is 0 Å². The average Bonchev–Trinajstić information content (AvgIpc) is 2.74. The van der Waals surface area contributed by atoms with Gasteiger partial charge in [0.05, 0.1) is 15.6 Å². The van der Waals surface area contributed by atoms with Crippen LogP contribution >= 0.6 is 51.5 Å². The van der Waals surface area contributed by atoms with E-state index in [1.807, 2.05) is 42.5 Å². The molecule has 0 saturated carbocycles. The first-order valence-electron chi connectivity index (χ1n) is 6.34. The summed E-state index contributed by atoms with van der Waals surface area (Å²) in [5, 5.41) is 0.502. The summed E-state index contributed by atoms with van der Waals surface area (Å²) < 4.78 is 1.45. The summed E-state index contributed by atoms with van der Waals surface area (Å²) in [6.07, 6.45) is 1.83. The second-order valence-electron chi connectivity index (χ2n) is 4.52. The molecule has 1 aliphatic rings. The summed E-state index contributed by atoms with van der Waals surface area (Å²) >= 11 is 16.2. The fourth-order valence-corrected chi connectivity index (χ4v) is 3.98. The zero-order chi connectivity index (χ0) is 15.7. The minimum atomic E-state index is -0.150. The number of nitrogens with zero attached hydrogens (tertiary/aromatic N) is 1. The van der Waals surface area contributed by atoms with E-state index in [4.69, 9.17) is 23.8 Å². The molecule has 1 aliphatic heterocycles. The van der Waals surface area contributed by atoms with E-state index < -0.39 is 0 Å². The molecule has 110 valence electrons. The minimum absolute atomic E-state index is 0.150. The van der Waals surface area contributed by atoms with Crippen LogP contribution in [0.5, 0.6) is 0 Å². The van der Waals surface area contributed by atoms with Crippen LogP contribution in [0.2, 0.25) is 5.02 Å². The number of hydrogen-bond donors (Lipinski definition) is 0. The van der Waals surface area contributed by atoms with Crippen LogP contribution in [-0.4, -0.2) is 10.2 Å². The highest BCUT2D eigenvalue weighted by molar-refractivity contribution is 9.10. The molecule has 0 spiro atoms. The van der Waals surface area contributed by atoms with E-state index in [9.17, 15) is 4.79 Å². The number of para-hydroxylation sites is 1. The number of thioether (sulfide) groups is 1. The van der Waals surface area contributed by atoms with Crippen molar-refractivity contribution in [3.63, 3.8) is 0 Å². The van der Waals surface area contributed by atoms with E-state index in [1.165, 1.54) is 16.7 Å². The summed E-state index contributed by atoms with van der Waals surface area (Å²) in [7, 11) is 0. The van der Waals surface area contributed by atoms with E-state index in [0.29, 0.717) is 19.9 Å². The van der Waals surface area contributed by atoms with E-state index in [-0.39, 0.29) is 5.91 Å². The molecule has 2 aromatic rings. The van der Waals surface area contributed by atoms with Crippen molar-refractivity contribution in [1.82, 2.24) is 0 Å². The molecule has 22 heavy (non-hydrogen) atoms. The molecule has 0 radical (unpaired) electrons. The van der Waals surface area contributed by atoms with Crippen LogP contribution in [0.25, 0.3) is 6.08 Å². The number of benzene rings is 2. The molecule has 1 amide bonds. The summed E-state index contributed by atoms with van der Waals surface area (Å²) in [5.41, 5.74) is 1.55. The number of halogens is 2. The standard InChI is InChI=1S/C16H9BrClNOS2/c17-11-5-3-4-10(8-11)9-14-15(20)19(16(21)22-14)13-7-2-1-6-12(13)18/h1-9H/b14-9-. The number of hydrogen-bond acceptors (Lipinski definition) is 3. The maximum absolute atomic E-state index is 12.6. The summed E-state index contributed by atoms with van der Waals surface area (Å²) in [6, 6.07) is 14.9. The highest BCUT2D eigenvalue weighted by Crippen LogP contribution is 2.38. The predicted octanol–water partition coefficient (Wildman–Crippen LogP) is 5.51.